The molecule has 2 rings (SSSR count). The van der Waals surface area contributed by atoms with Crippen molar-refractivity contribution in [3.63, 3.8) is 0 Å². The van der Waals surface area contributed by atoms with E-state index in [1.54, 1.807) is 7.11 Å². The molecule has 0 spiro atoms. The summed E-state index contributed by atoms with van der Waals surface area (Å²) in [4.78, 5) is 0. The lowest BCUT2D eigenvalue weighted by Gasteiger charge is -2.11. The quantitative estimate of drug-likeness (QED) is 0.836. The average Bonchev–Trinajstić information content (AvgIpc) is 3.06. The number of benzene rings is 1. The predicted molar refractivity (Wildman–Crippen MR) is 71.6 cm³/mol. The molecule has 1 N–H and O–H groups in total. The zero-order valence-electron chi connectivity index (χ0n) is 10.5. The zero-order valence-corrected chi connectivity index (χ0v) is 11.3. The number of hydrogen-bond acceptors (Lipinski definition) is 2. The summed E-state index contributed by atoms with van der Waals surface area (Å²) >= 11 is 6.19. The van der Waals surface area contributed by atoms with Gasteiger partial charge in [0.15, 0.2) is 0 Å². The van der Waals surface area contributed by atoms with Crippen molar-refractivity contribution in [3.8, 4) is 5.75 Å². The van der Waals surface area contributed by atoms with Gasteiger partial charge in [0.25, 0.3) is 0 Å². The lowest BCUT2D eigenvalue weighted by Crippen LogP contribution is -2.18. The van der Waals surface area contributed by atoms with Gasteiger partial charge >= 0.3 is 0 Å². The van der Waals surface area contributed by atoms with Gasteiger partial charge < -0.3 is 10.1 Å². The van der Waals surface area contributed by atoms with E-state index in [-0.39, 0.29) is 0 Å². The van der Waals surface area contributed by atoms with Crippen molar-refractivity contribution in [1.82, 2.24) is 5.32 Å². The highest BCUT2D eigenvalue weighted by Crippen LogP contribution is 2.35. The summed E-state index contributed by atoms with van der Waals surface area (Å²) in [5.41, 5.74) is 1.07. The van der Waals surface area contributed by atoms with Crippen molar-refractivity contribution >= 4 is 11.6 Å². The molecule has 17 heavy (non-hydrogen) atoms. The molecule has 0 bridgehead atoms. The van der Waals surface area contributed by atoms with Crippen LogP contribution in [0.1, 0.15) is 31.7 Å². The van der Waals surface area contributed by atoms with E-state index in [4.69, 9.17) is 16.3 Å². The van der Waals surface area contributed by atoms with E-state index in [2.05, 4.69) is 12.2 Å². The molecule has 0 saturated heterocycles. The largest absolute Gasteiger partial charge is 0.496 e. The number of nitrogens with one attached hydrogen (secondary N) is 1. The highest BCUT2D eigenvalue weighted by molar-refractivity contribution is 6.31. The maximum Gasteiger partial charge on any atom is 0.124 e. The van der Waals surface area contributed by atoms with Gasteiger partial charge in [0.1, 0.15) is 5.75 Å². The van der Waals surface area contributed by atoms with Crippen molar-refractivity contribution in [2.45, 2.75) is 38.8 Å². The Balaban J connectivity index is 1.91. The summed E-state index contributed by atoms with van der Waals surface area (Å²) in [6.07, 6.45) is 3.91. The molecule has 0 aromatic heterocycles. The Morgan fingerprint density at radius 2 is 2.29 bits per heavy atom. The number of halogens is 1. The van der Waals surface area contributed by atoms with E-state index in [0.717, 1.165) is 28.8 Å². The smallest absolute Gasteiger partial charge is 0.124 e. The topological polar surface area (TPSA) is 21.3 Å². The third kappa shape index (κ3) is 3.14. The van der Waals surface area contributed by atoms with Crippen molar-refractivity contribution in [2.24, 2.45) is 5.92 Å². The predicted octanol–water partition coefficient (Wildman–Crippen LogP) is 3.63. The molecule has 94 valence electrons. The SMILES string of the molecule is CCCC1CC1NCc1c(Cl)cccc1OC. The summed E-state index contributed by atoms with van der Waals surface area (Å²) in [6, 6.07) is 6.47. The fraction of sp³-hybridized carbons (Fsp3) is 0.571. The van der Waals surface area contributed by atoms with Crippen LogP contribution < -0.4 is 10.1 Å². The first-order chi connectivity index (χ1) is 8.26. The second kappa shape index (κ2) is 5.74. The summed E-state index contributed by atoms with van der Waals surface area (Å²) in [7, 11) is 1.69. The first-order valence-electron chi connectivity index (χ1n) is 6.31. The van der Waals surface area contributed by atoms with Crippen LogP contribution in [0.3, 0.4) is 0 Å². The van der Waals surface area contributed by atoms with Crippen LogP contribution in [0.15, 0.2) is 18.2 Å². The van der Waals surface area contributed by atoms with Gasteiger partial charge in [-0.1, -0.05) is 31.0 Å². The molecule has 1 aromatic carbocycles. The number of hydrogen-bond donors (Lipinski definition) is 1. The Bertz CT molecular complexity index is 380. The van der Waals surface area contributed by atoms with Crippen LogP contribution in [-0.2, 0) is 6.54 Å². The number of methoxy groups -OCH3 is 1. The van der Waals surface area contributed by atoms with E-state index in [1.807, 2.05) is 18.2 Å². The lowest BCUT2D eigenvalue weighted by molar-refractivity contribution is 0.407. The highest BCUT2D eigenvalue weighted by Gasteiger charge is 2.35. The van der Waals surface area contributed by atoms with E-state index in [1.165, 1.54) is 19.3 Å². The minimum absolute atomic E-state index is 0.677. The molecule has 1 aromatic rings. The number of rotatable bonds is 6. The molecule has 1 fully saturated rings. The van der Waals surface area contributed by atoms with Crippen LogP contribution in [0.2, 0.25) is 5.02 Å². The molecular formula is C14H20ClNO. The molecular weight excluding hydrogens is 234 g/mol. The van der Waals surface area contributed by atoms with Gasteiger partial charge in [-0.2, -0.15) is 0 Å². The molecule has 2 atom stereocenters. The average molecular weight is 254 g/mol. The standard InChI is InChI=1S/C14H20ClNO/c1-3-5-10-8-13(10)16-9-11-12(15)6-4-7-14(11)17-2/h4,6-7,10,13,16H,3,5,8-9H2,1-2H3. The van der Waals surface area contributed by atoms with Gasteiger partial charge in [0.2, 0.25) is 0 Å². The van der Waals surface area contributed by atoms with Crippen molar-refractivity contribution in [3.05, 3.63) is 28.8 Å². The Morgan fingerprint density at radius 1 is 1.47 bits per heavy atom. The Morgan fingerprint density at radius 3 is 3.00 bits per heavy atom. The van der Waals surface area contributed by atoms with Gasteiger partial charge in [-0.25, -0.2) is 0 Å². The monoisotopic (exact) mass is 253 g/mol. The fourth-order valence-electron chi connectivity index (χ4n) is 2.32. The van der Waals surface area contributed by atoms with Crippen LogP contribution in [0.25, 0.3) is 0 Å². The van der Waals surface area contributed by atoms with Gasteiger partial charge in [-0.05, 0) is 30.9 Å². The maximum atomic E-state index is 6.19. The fourth-order valence-corrected chi connectivity index (χ4v) is 2.55. The van der Waals surface area contributed by atoms with Crippen LogP contribution in [-0.4, -0.2) is 13.2 Å². The second-order valence-corrected chi connectivity index (χ2v) is 5.10. The Labute approximate surface area is 108 Å². The molecule has 0 heterocycles. The third-order valence-corrected chi connectivity index (χ3v) is 3.77. The first kappa shape index (κ1) is 12.7. The molecule has 1 aliphatic rings. The second-order valence-electron chi connectivity index (χ2n) is 4.69. The van der Waals surface area contributed by atoms with Crippen molar-refractivity contribution < 1.29 is 4.74 Å². The summed E-state index contributed by atoms with van der Waals surface area (Å²) in [5.74, 6) is 1.74. The van der Waals surface area contributed by atoms with Crippen LogP contribution >= 0.6 is 11.6 Å². The first-order valence-corrected chi connectivity index (χ1v) is 6.68. The lowest BCUT2D eigenvalue weighted by atomic mass is 10.2. The van der Waals surface area contributed by atoms with E-state index >= 15 is 0 Å². The van der Waals surface area contributed by atoms with Crippen LogP contribution in [0, 0.1) is 5.92 Å². The molecule has 1 aliphatic carbocycles. The normalized spacial score (nSPS) is 22.5. The molecule has 2 nitrogen and oxygen atoms in total. The van der Waals surface area contributed by atoms with Crippen LogP contribution in [0.5, 0.6) is 5.75 Å². The van der Waals surface area contributed by atoms with Crippen molar-refractivity contribution in [2.75, 3.05) is 7.11 Å². The van der Waals surface area contributed by atoms with Gasteiger partial charge in [-0.3, -0.25) is 0 Å². The molecule has 0 amide bonds. The molecule has 1 saturated carbocycles. The molecule has 0 aliphatic heterocycles. The Kier molecular flexibility index (Phi) is 4.30. The summed E-state index contributed by atoms with van der Waals surface area (Å²) < 4.78 is 5.33. The molecule has 2 unspecified atom stereocenters. The van der Waals surface area contributed by atoms with E-state index in [0.29, 0.717) is 6.04 Å². The number of ether oxygens (including phenoxy) is 1. The van der Waals surface area contributed by atoms with Gasteiger partial charge in [-0.15, -0.1) is 0 Å². The third-order valence-electron chi connectivity index (χ3n) is 3.42. The van der Waals surface area contributed by atoms with Gasteiger partial charge in [0.05, 0.1) is 7.11 Å². The minimum Gasteiger partial charge on any atom is -0.496 e. The summed E-state index contributed by atoms with van der Waals surface area (Å²) in [6.45, 7) is 3.04. The Hall–Kier alpha value is -0.730. The van der Waals surface area contributed by atoms with E-state index < -0.39 is 0 Å². The van der Waals surface area contributed by atoms with E-state index in [9.17, 15) is 0 Å². The maximum absolute atomic E-state index is 6.19. The summed E-state index contributed by atoms with van der Waals surface area (Å²) in [5, 5.41) is 4.34. The van der Waals surface area contributed by atoms with Gasteiger partial charge in [0, 0.05) is 23.2 Å². The minimum atomic E-state index is 0.677. The zero-order chi connectivity index (χ0) is 12.3. The molecule has 3 heteroatoms. The highest BCUT2D eigenvalue weighted by atomic mass is 35.5. The van der Waals surface area contributed by atoms with Crippen molar-refractivity contribution in [1.29, 1.82) is 0 Å². The van der Waals surface area contributed by atoms with Crippen LogP contribution in [0.4, 0.5) is 0 Å². The molecule has 0 radical (unpaired) electrons.